The third-order valence-corrected chi connectivity index (χ3v) is 3.86. The molecule has 3 aromatic rings. The van der Waals surface area contributed by atoms with E-state index in [4.69, 9.17) is 9.25 Å². The molecule has 1 aliphatic rings. The van der Waals surface area contributed by atoms with Gasteiger partial charge in [0.2, 0.25) is 5.89 Å². The number of nitrogens with zero attached hydrogens (tertiary/aromatic N) is 3. The van der Waals surface area contributed by atoms with Crippen LogP contribution in [0.15, 0.2) is 63.8 Å². The maximum atomic E-state index is 12.2. The zero-order valence-electron chi connectivity index (χ0n) is 13.7. The molecule has 2 amide bonds. The van der Waals surface area contributed by atoms with E-state index in [-0.39, 0.29) is 17.0 Å². The van der Waals surface area contributed by atoms with Crippen LogP contribution in [0.5, 0.6) is 0 Å². The van der Waals surface area contributed by atoms with E-state index in [0.29, 0.717) is 10.6 Å². The van der Waals surface area contributed by atoms with Gasteiger partial charge in [-0.25, -0.2) is 9.59 Å². The molecule has 0 aliphatic carbocycles. The van der Waals surface area contributed by atoms with Crippen LogP contribution in [0, 0.1) is 0 Å². The van der Waals surface area contributed by atoms with Crippen molar-refractivity contribution >= 4 is 17.8 Å². The molecule has 0 fully saturated rings. The maximum absolute atomic E-state index is 12.2. The minimum atomic E-state index is -1.01. The highest BCUT2D eigenvalue weighted by atomic mass is 16.7. The fourth-order valence-electron chi connectivity index (χ4n) is 2.61. The van der Waals surface area contributed by atoms with Gasteiger partial charge in [0.15, 0.2) is 0 Å². The number of amides is 2. The molecule has 1 aromatic heterocycles. The summed E-state index contributed by atoms with van der Waals surface area (Å²) in [5, 5.41) is 4.29. The number of hydroxylamine groups is 2. The summed E-state index contributed by atoms with van der Waals surface area (Å²) in [7, 11) is 0. The predicted molar refractivity (Wildman–Crippen MR) is 89.2 cm³/mol. The van der Waals surface area contributed by atoms with Gasteiger partial charge in [-0.05, 0) is 24.3 Å². The SMILES string of the molecule is O=C(Cn1nc(-c2ccccc2)oc1=O)ON1C(=O)c2ccccc2C1=O. The summed E-state index contributed by atoms with van der Waals surface area (Å²) in [6.07, 6.45) is 0. The zero-order chi connectivity index (χ0) is 19.0. The first-order valence-corrected chi connectivity index (χ1v) is 7.86. The predicted octanol–water partition coefficient (Wildman–Crippen LogP) is 1.26. The smallest absolute Gasteiger partial charge is 0.388 e. The number of hydrogen-bond acceptors (Lipinski definition) is 7. The maximum Gasteiger partial charge on any atom is 0.437 e. The molecular weight excluding hydrogens is 354 g/mol. The topological polar surface area (TPSA) is 112 Å². The summed E-state index contributed by atoms with van der Waals surface area (Å²) in [4.78, 5) is 53.2. The van der Waals surface area contributed by atoms with Gasteiger partial charge in [-0.1, -0.05) is 35.4 Å². The summed E-state index contributed by atoms with van der Waals surface area (Å²) in [5.41, 5.74) is 0.836. The van der Waals surface area contributed by atoms with E-state index < -0.39 is 30.1 Å². The Hall–Kier alpha value is -4.01. The van der Waals surface area contributed by atoms with E-state index >= 15 is 0 Å². The van der Waals surface area contributed by atoms with Gasteiger partial charge in [0, 0.05) is 5.56 Å². The van der Waals surface area contributed by atoms with Gasteiger partial charge in [0.25, 0.3) is 11.8 Å². The van der Waals surface area contributed by atoms with Crippen molar-refractivity contribution in [3.8, 4) is 11.5 Å². The van der Waals surface area contributed by atoms with Gasteiger partial charge in [-0.2, -0.15) is 4.68 Å². The van der Waals surface area contributed by atoms with Gasteiger partial charge < -0.3 is 9.25 Å². The third-order valence-electron chi connectivity index (χ3n) is 3.86. The van der Waals surface area contributed by atoms with Crippen molar-refractivity contribution in [3.05, 3.63) is 76.3 Å². The van der Waals surface area contributed by atoms with Crippen LogP contribution >= 0.6 is 0 Å². The van der Waals surface area contributed by atoms with Crippen LogP contribution in [0.3, 0.4) is 0 Å². The summed E-state index contributed by atoms with van der Waals surface area (Å²) < 4.78 is 5.76. The lowest BCUT2D eigenvalue weighted by molar-refractivity contribution is -0.169. The number of fused-ring (bicyclic) bond motifs is 1. The molecular formula is C18H11N3O6. The Morgan fingerprint density at radius 1 is 0.926 bits per heavy atom. The number of aromatic nitrogens is 2. The second-order valence-electron chi connectivity index (χ2n) is 5.61. The molecule has 2 heterocycles. The summed E-state index contributed by atoms with van der Waals surface area (Å²) >= 11 is 0. The van der Waals surface area contributed by atoms with E-state index in [9.17, 15) is 19.2 Å². The first kappa shape index (κ1) is 16.5. The Morgan fingerprint density at radius 3 is 2.15 bits per heavy atom. The Bertz CT molecular complexity index is 1080. The Balaban J connectivity index is 1.50. The Kier molecular flexibility index (Phi) is 3.88. The second kappa shape index (κ2) is 6.37. The van der Waals surface area contributed by atoms with Crippen molar-refractivity contribution in [3.63, 3.8) is 0 Å². The number of imide groups is 1. The Labute approximate surface area is 151 Å². The number of rotatable bonds is 4. The van der Waals surface area contributed by atoms with Crippen LogP contribution in [-0.2, 0) is 16.2 Å². The highest BCUT2D eigenvalue weighted by molar-refractivity contribution is 6.20. The van der Waals surface area contributed by atoms with Crippen molar-refractivity contribution in [2.45, 2.75) is 6.54 Å². The van der Waals surface area contributed by atoms with Crippen LogP contribution in [0.1, 0.15) is 20.7 Å². The number of hydrogen-bond donors (Lipinski definition) is 0. The van der Waals surface area contributed by atoms with Crippen molar-refractivity contribution in [2.75, 3.05) is 0 Å². The lowest BCUT2D eigenvalue weighted by atomic mass is 10.1. The molecule has 9 nitrogen and oxygen atoms in total. The van der Waals surface area contributed by atoms with Gasteiger partial charge in [0.05, 0.1) is 11.1 Å². The fourth-order valence-corrected chi connectivity index (χ4v) is 2.61. The zero-order valence-corrected chi connectivity index (χ0v) is 13.7. The van der Waals surface area contributed by atoms with E-state index in [1.54, 1.807) is 42.5 Å². The molecule has 0 saturated carbocycles. The molecule has 0 atom stereocenters. The van der Waals surface area contributed by atoms with Crippen LogP contribution in [0.25, 0.3) is 11.5 Å². The fraction of sp³-hybridized carbons (Fsp3) is 0.0556. The van der Waals surface area contributed by atoms with Gasteiger partial charge in [-0.15, -0.1) is 5.10 Å². The largest absolute Gasteiger partial charge is 0.437 e. The lowest BCUT2D eigenvalue weighted by Crippen LogP contribution is -2.35. The highest BCUT2D eigenvalue weighted by Crippen LogP contribution is 2.22. The normalized spacial score (nSPS) is 13.0. The molecule has 27 heavy (non-hydrogen) atoms. The van der Waals surface area contributed by atoms with Crippen molar-refractivity contribution in [1.29, 1.82) is 0 Å². The van der Waals surface area contributed by atoms with Gasteiger partial charge >= 0.3 is 11.7 Å². The van der Waals surface area contributed by atoms with Crippen LogP contribution in [0.2, 0.25) is 0 Å². The Morgan fingerprint density at radius 2 is 1.52 bits per heavy atom. The van der Waals surface area contributed by atoms with Gasteiger partial charge in [-0.3, -0.25) is 9.59 Å². The molecule has 134 valence electrons. The standard InChI is InChI=1S/C18H11N3O6/c22-14(27-21-16(23)12-8-4-5-9-13(12)17(21)24)10-20-18(25)26-15(19-20)11-6-2-1-3-7-11/h1-9H,10H2. The quantitative estimate of drug-likeness (QED) is 0.640. The average Bonchev–Trinajstić information content (AvgIpc) is 3.16. The van der Waals surface area contributed by atoms with Crippen molar-refractivity contribution < 1.29 is 23.6 Å². The molecule has 0 unspecified atom stereocenters. The minimum Gasteiger partial charge on any atom is -0.388 e. The average molecular weight is 365 g/mol. The number of carbonyl (C=O) groups is 3. The molecule has 2 aromatic carbocycles. The number of carbonyl (C=O) groups excluding carboxylic acids is 3. The first-order chi connectivity index (χ1) is 13.0. The first-order valence-electron chi connectivity index (χ1n) is 7.86. The molecule has 9 heteroatoms. The molecule has 0 spiro atoms. The molecule has 0 saturated heterocycles. The summed E-state index contributed by atoms with van der Waals surface area (Å²) in [5.74, 6) is -3.34. The third kappa shape index (κ3) is 2.91. The van der Waals surface area contributed by atoms with Crippen LogP contribution < -0.4 is 5.76 Å². The number of benzene rings is 2. The monoisotopic (exact) mass is 365 g/mol. The molecule has 1 aliphatic heterocycles. The van der Waals surface area contributed by atoms with E-state index in [0.717, 1.165) is 4.68 Å². The summed E-state index contributed by atoms with van der Waals surface area (Å²) in [6.45, 7) is -0.622. The summed E-state index contributed by atoms with van der Waals surface area (Å²) in [6, 6.07) is 14.7. The van der Waals surface area contributed by atoms with Crippen LogP contribution in [0.4, 0.5) is 0 Å². The second-order valence-corrected chi connectivity index (χ2v) is 5.61. The highest BCUT2D eigenvalue weighted by Gasteiger charge is 2.38. The molecule has 0 bridgehead atoms. The van der Waals surface area contributed by atoms with Crippen LogP contribution in [-0.4, -0.2) is 32.6 Å². The van der Waals surface area contributed by atoms with Gasteiger partial charge in [0.1, 0.15) is 6.54 Å². The van der Waals surface area contributed by atoms with E-state index in [1.165, 1.54) is 12.1 Å². The van der Waals surface area contributed by atoms with Crippen molar-refractivity contribution in [2.24, 2.45) is 0 Å². The van der Waals surface area contributed by atoms with Crippen molar-refractivity contribution in [1.82, 2.24) is 14.8 Å². The minimum absolute atomic E-state index is 0.0362. The molecule has 0 radical (unpaired) electrons. The molecule has 0 N–H and O–H groups in total. The van der Waals surface area contributed by atoms with E-state index in [2.05, 4.69) is 5.10 Å². The van der Waals surface area contributed by atoms with E-state index in [1.807, 2.05) is 0 Å². The molecule has 4 rings (SSSR count). The lowest BCUT2D eigenvalue weighted by Gasteiger charge is -2.12.